The average molecular weight is 447 g/mol. The molecule has 6 nitrogen and oxygen atoms in total. The molecule has 0 spiro atoms. The zero-order chi connectivity index (χ0) is 23.6. The standard InChI is InChI=1S/C27H30N2O4/c1-3-15-28-24-13-7-6-12-23(24)27(33,26(28)32)19(2)9-8-14-25(31)29-17-21-11-5-4-10-20(21)16-22(29)18-30/h3-13,19,22,30,33H,1,14-18H2,2H3/b9-8+/t19-,22-,27+/m0/s1. The van der Waals surface area contributed by atoms with Crippen molar-refractivity contribution >= 4 is 17.5 Å². The Morgan fingerprint density at radius 1 is 1.21 bits per heavy atom. The lowest BCUT2D eigenvalue weighted by atomic mass is 9.83. The van der Waals surface area contributed by atoms with Crippen molar-refractivity contribution in [1.82, 2.24) is 4.90 Å². The minimum atomic E-state index is -1.70. The van der Waals surface area contributed by atoms with Crippen molar-refractivity contribution in [3.63, 3.8) is 0 Å². The number of carbonyl (C=O) groups excluding carboxylic acids is 2. The lowest BCUT2D eigenvalue weighted by Crippen LogP contribution is -2.46. The summed E-state index contributed by atoms with van der Waals surface area (Å²) in [5, 5.41) is 21.3. The maximum Gasteiger partial charge on any atom is 0.264 e. The first-order valence-corrected chi connectivity index (χ1v) is 11.3. The van der Waals surface area contributed by atoms with Crippen LogP contribution in [0.2, 0.25) is 0 Å². The molecule has 33 heavy (non-hydrogen) atoms. The van der Waals surface area contributed by atoms with E-state index >= 15 is 0 Å². The predicted octanol–water partition coefficient (Wildman–Crippen LogP) is 2.94. The molecule has 0 unspecified atom stereocenters. The summed E-state index contributed by atoms with van der Waals surface area (Å²) >= 11 is 0. The summed E-state index contributed by atoms with van der Waals surface area (Å²) in [4.78, 5) is 29.4. The summed E-state index contributed by atoms with van der Waals surface area (Å²) in [6, 6.07) is 14.9. The van der Waals surface area contributed by atoms with Gasteiger partial charge in [0.05, 0.1) is 18.3 Å². The lowest BCUT2D eigenvalue weighted by Gasteiger charge is -2.36. The average Bonchev–Trinajstić information content (AvgIpc) is 3.06. The number of benzene rings is 2. The van der Waals surface area contributed by atoms with Crippen LogP contribution in [0.1, 0.15) is 30.0 Å². The quantitative estimate of drug-likeness (QED) is 0.641. The summed E-state index contributed by atoms with van der Waals surface area (Å²) in [5.74, 6) is -1.02. The number of nitrogens with zero attached hydrogens (tertiary/aromatic N) is 2. The highest BCUT2D eigenvalue weighted by atomic mass is 16.3. The SMILES string of the molecule is C=CCN1C(=O)[C@@](O)([C@@H](C)/C=C/CC(=O)N2Cc3ccccc3C[C@H]2CO)c2ccccc21. The number of amides is 2. The minimum Gasteiger partial charge on any atom is -0.394 e. The van der Waals surface area contributed by atoms with E-state index < -0.39 is 11.5 Å². The summed E-state index contributed by atoms with van der Waals surface area (Å²) in [6.45, 7) is 6.18. The van der Waals surface area contributed by atoms with Gasteiger partial charge >= 0.3 is 0 Å². The van der Waals surface area contributed by atoms with E-state index in [9.17, 15) is 19.8 Å². The number of aliphatic hydroxyl groups is 2. The molecule has 2 aromatic rings. The smallest absolute Gasteiger partial charge is 0.264 e. The summed E-state index contributed by atoms with van der Waals surface area (Å²) in [6.07, 6.45) is 5.84. The molecule has 0 bridgehead atoms. The van der Waals surface area contributed by atoms with Crippen LogP contribution in [0.3, 0.4) is 0 Å². The maximum atomic E-state index is 13.1. The second kappa shape index (κ2) is 9.33. The van der Waals surface area contributed by atoms with Crippen LogP contribution in [-0.2, 0) is 28.2 Å². The van der Waals surface area contributed by atoms with Crippen molar-refractivity contribution in [3.05, 3.63) is 90.0 Å². The molecule has 0 aromatic heterocycles. The number of hydrogen-bond donors (Lipinski definition) is 2. The highest BCUT2D eigenvalue weighted by Crippen LogP contribution is 2.44. The van der Waals surface area contributed by atoms with Crippen LogP contribution in [0.4, 0.5) is 5.69 Å². The van der Waals surface area contributed by atoms with Crippen molar-refractivity contribution < 1.29 is 19.8 Å². The highest BCUT2D eigenvalue weighted by molar-refractivity contribution is 6.07. The predicted molar refractivity (Wildman–Crippen MR) is 127 cm³/mol. The van der Waals surface area contributed by atoms with Crippen LogP contribution in [0.15, 0.2) is 73.3 Å². The van der Waals surface area contributed by atoms with E-state index in [1.807, 2.05) is 36.4 Å². The fourth-order valence-electron chi connectivity index (χ4n) is 4.88. The molecule has 0 saturated heterocycles. The lowest BCUT2D eigenvalue weighted by molar-refractivity contribution is -0.139. The number of rotatable bonds is 7. The summed E-state index contributed by atoms with van der Waals surface area (Å²) in [5.41, 5.74) is 1.80. The second-order valence-electron chi connectivity index (χ2n) is 8.74. The first-order chi connectivity index (χ1) is 15.9. The molecule has 2 aliphatic heterocycles. The van der Waals surface area contributed by atoms with Gasteiger partial charge in [0.25, 0.3) is 5.91 Å². The Bertz CT molecular complexity index is 1100. The van der Waals surface area contributed by atoms with Gasteiger partial charge in [0, 0.05) is 31.0 Å². The van der Waals surface area contributed by atoms with Gasteiger partial charge in [-0.3, -0.25) is 9.59 Å². The Hall–Kier alpha value is -3.22. The monoisotopic (exact) mass is 446 g/mol. The Balaban J connectivity index is 1.49. The molecular weight excluding hydrogens is 416 g/mol. The largest absolute Gasteiger partial charge is 0.394 e. The second-order valence-corrected chi connectivity index (χ2v) is 8.74. The van der Waals surface area contributed by atoms with E-state index in [4.69, 9.17) is 0 Å². The Kier molecular flexibility index (Phi) is 6.49. The van der Waals surface area contributed by atoms with Crippen LogP contribution in [0, 0.1) is 5.92 Å². The molecular formula is C27H30N2O4. The number of aliphatic hydroxyl groups excluding tert-OH is 1. The van der Waals surface area contributed by atoms with Crippen LogP contribution in [0.5, 0.6) is 0 Å². The van der Waals surface area contributed by atoms with Gasteiger partial charge in [-0.2, -0.15) is 0 Å². The van der Waals surface area contributed by atoms with Gasteiger partial charge in [-0.15, -0.1) is 6.58 Å². The van der Waals surface area contributed by atoms with Crippen molar-refractivity contribution in [2.24, 2.45) is 5.92 Å². The molecule has 0 fully saturated rings. The van der Waals surface area contributed by atoms with Gasteiger partial charge in [-0.1, -0.05) is 67.6 Å². The van der Waals surface area contributed by atoms with Crippen molar-refractivity contribution in [3.8, 4) is 0 Å². The molecule has 2 heterocycles. The van der Waals surface area contributed by atoms with Gasteiger partial charge in [-0.05, 0) is 23.6 Å². The molecule has 4 rings (SSSR count). The topological polar surface area (TPSA) is 81.1 Å². The fourth-order valence-corrected chi connectivity index (χ4v) is 4.88. The summed E-state index contributed by atoms with van der Waals surface area (Å²) in [7, 11) is 0. The Labute approximate surface area is 194 Å². The van der Waals surface area contributed by atoms with Crippen molar-refractivity contribution in [2.75, 3.05) is 18.1 Å². The molecule has 2 aromatic carbocycles. The number of para-hydroxylation sites is 1. The molecule has 3 atom stereocenters. The van der Waals surface area contributed by atoms with Crippen molar-refractivity contribution in [2.45, 2.75) is 38.0 Å². The molecule has 0 radical (unpaired) electrons. The minimum absolute atomic E-state index is 0.0922. The van der Waals surface area contributed by atoms with Crippen LogP contribution < -0.4 is 4.90 Å². The van der Waals surface area contributed by atoms with Crippen LogP contribution in [-0.4, -0.2) is 46.1 Å². The first-order valence-electron chi connectivity index (χ1n) is 11.3. The van der Waals surface area contributed by atoms with Gasteiger partial charge < -0.3 is 20.0 Å². The van der Waals surface area contributed by atoms with E-state index in [-0.39, 0.29) is 30.9 Å². The van der Waals surface area contributed by atoms with E-state index in [2.05, 4.69) is 6.58 Å². The van der Waals surface area contributed by atoms with E-state index in [0.29, 0.717) is 30.8 Å². The third-order valence-corrected chi connectivity index (χ3v) is 6.75. The van der Waals surface area contributed by atoms with Gasteiger partial charge in [0.2, 0.25) is 5.91 Å². The third-order valence-electron chi connectivity index (χ3n) is 6.75. The number of hydrogen-bond acceptors (Lipinski definition) is 4. The summed E-state index contributed by atoms with van der Waals surface area (Å²) < 4.78 is 0. The molecule has 2 amide bonds. The molecule has 2 aliphatic rings. The van der Waals surface area contributed by atoms with E-state index in [0.717, 1.165) is 11.1 Å². The fraction of sp³-hybridized carbons (Fsp3) is 0.333. The highest BCUT2D eigenvalue weighted by Gasteiger charge is 2.52. The van der Waals surface area contributed by atoms with Crippen LogP contribution >= 0.6 is 0 Å². The molecule has 0 saturated carbocycles. The van der Waals surface area contributed by atoms with Crippen molar-refractivity contribution in [1.29, 1.82) is 0 Å². The van der Waals surface area contributed by atoms with Crippen LogP contribution in [0.25, 0.3) is 0 Å². The first kappa shape index (κ1) is 23.0. The number of fused-ring (bicyclic) bond motifs is 2. The Morgan fingerprint density at radius 2 is 1.91 bits per heavy atom. The van der Waals surface area contributed by atoms with Gasteiger partial charge in [-0.25, -0.2) is 0 Å². The molecule has 2 N–H and O–H groups in total. The van der Waals surface area contributed by atoms with E-state index in [1.54, 1.807) is 42.2 Å². The third kappa shape index (κ3) is 4.01. The van der Waals surface area contributed by atoms with E-state index in [1.165, 1.54) is 4.90 Å². The molecule has 172 valence electrons. The number of anilines is 1. The molecule has 0 aliphatic carbocycles. The number of carbonyl (C=O) groups is 2. The maximum absolute atomic E-state index is 13.1. The molecule has 6 heteroatoms. The van der Waals surface area contributed by atoms with Gasteiger partial charge in [0.15, 0.2) is 5.60 Å². The zero-order valence-electron chi connectivity index (χ0n) is 18.9. The normalized spacial score (nSPS) is 22.9. The van der Waals surface area contributed by atoms with Gasteiger partial charge in [0.1, 0.15) is 0 Å². The zero-order valence-corrected chi connectivity index (χ0v) is 18.9. The Morgan fingerprint density at radius 3 is 2.64 bits per heavy atom.